The molecule has 0 aliphatic heterocycles. The Morgan fingerprint density at radius 1 is 1.00 bits per heavy atom. The molecule has 0 radical (unpaired) electrons. The van der Waals surface area contributed by atoms with Gasteiger partial charge in [0.25, 0.3) is 0 Å². The van der Waals surface area contributed by atoms with Crippen molar-refractivity contribution in [3.8, 4) is 17.2 Å². The number of esters is 1. The Bertz CT molecular complexity index is 1100. The minimum absolute atomic E-state index is 0.119. The molecule has 2 aromatic carbocycles. The average molecular weight is 398 g/mol. The van der Waals surface area contributed by atoms with Crippen LogP contribution in [0.4, 0.5) is 0 Å². The molecule has 152 valence electrons. The van der Waals surface area contributed by atoms with Crippen LogP contribution in [0, 0.1) is 6.92 Å². The number of aryl methyl sites for hydroxylation is 1. The first-order valence-electron chi connectivity index (χ1n) is 9.06. The Kier molecular flexibility index (Phi) is 6.07. The zero-order valence-corrected chi connectivity index (χ0v) is 16.7. The van der Waals surface area contributed by atoms with Gasteiger partial charge in [-0.1, -0.05) is 0 Å². The Morgan fingerprint density at radius 3 is 2.41 bits per heavy atom. The van der Waals surface area contributed by atoms with Crippen molar-refractivity contribution in [3.05, 3.63) is 63.5 Å². The molecular formula is C22H22O7. The molecule has 0 saturated carbocycles. The summed E-state index contributed by atoms with van der Waals surface area (Å²) in [5.41, 5.74) is 1.45. The highest BCUT2D eigenvalue weighted by molar-refractivity contribution is 5.91. The number of hydrogen-bond acceptors (Lipinski definition) is 7. The number of ether oxygens (including phenoxy) is 4. The van der Waals surface area contributed by atoms with Crippen molar-refractivity contribution in [3.63, 3.8) is 0 Å². The molecule has 1 heterocycles. The van der Waals surface area contributed by atoms with Crippen molar-refractivity contribution in [1.29, 1.82) is 0 Å². The second-order valence-electron chi connectivity index (χ2n) is 6.25. The highest BCUT2D eigenvalue weighted by Crippen LogP contribution is 2.31. The lowest BCUT2D eigenvalue weighted by molar-refractivity contribution is 0.0470. The van der Waals surface area contributed by atoms with E-state index in [4.69, 9.17) is 23.4 Å². The maximum atomic E-state index is 12.6. The van der Waals surface area contributed by atoms with Crippen LogP contribution in [-0.4, -0.2) is 26.8 Å². The smallest absolute Gasteiger partial charge is 0.338 e. The van der Waals surface area contributed by atoms with E-state index in [1.807, 2.05) is 19.9 Å². The van der Waals surface area contributed by atoms with E-state index in [0.29, 0.717) is 40.6 Å². The van der Waals surface area contributed by atoms with Gasteiger partial charge < -0.3 is 23.4 Å². The molecular weight excluding hydrogens is 376 g/mol. The van der Waals surface area contributed by atoms with E-state index in [-0.39, 0.29) is 6.61 Å². The van der Waals surface area contributed by atoms with Crippen LogP contribution < -0.4 is 19.8 Å². The first-order chi connectivity index (χ1) is 14.0. The van der Waals surface area contributed by atoms with Crippen LogP contribution >= 0.6 is 0 Å². The molecule has 7 heteroatoms. The molecule has 0 aliphatic carbocycles. The quantitative estimate of drug-likeness (QED) is 0.441. The lowest BCUT2D eigenvalue weighted by Crippen LogP contribution is -2.09. The van der Waals surface area contributed by atoms with Crippen LogP contribution in [0.1, 0.15) is 28.4 Å². The number of fused-ring (bicyclic) bond motifs is 1. The van der Waals surface area contributed by atoms with Gasteiger partial charge in [0.2, 0.25) is 0 Å². The third kappa shape index (κ3) is 4.18. The van der Waals surface area contributed by atoms with Crippen LogP contribution in [-0.2, 0) is 11.3 Å². The Labute approximate surface area is 167 Å². The van der Waals surface area contributed by atoms with Gasteiger partial charge in [-0.15, -0.1) is 0 Å². The maximum Gasteiger partial charge on any atom is 0.338 e. The van der Waals surface area contributed by atoms with Crippen molar-refractivity contribution >= 4 is 16.9 Å². The number of methoxy groups -OCH3 is 2. The summed E-state index contributed by atoms with van der Waals surface area (Å²) in [4.78, 5) is 24.4. The molecule has 3 rings (SSSR count). The van der Waals surface area contributed by atoms with Crippen molar-refractivity contribution < 1.29 is 28.2 Å². The van der Waals surface area contributed by atoms with Gasteiger partial charge in [0, 0.05) is 11.5 Å². The predicted octanol–water partition coefficient (Wildman–Crippen LogP) is 3.87. The van der Waals surface area contributed by atoms with Crippen LogP contribution in [0.5, 0.6) is 17.2 Å². The van der Waals surface area contributed by atoms with E-state index < -0.39 is 11.6 Å². The number of carbonyl (C=O) groups excluding carboxylic acids is 1. The molecule has 0 bridgehead atoms. The minimum Gasteiger partial charge on any atom is -0.493 e. The summed E-state index contributed by atoms with van der Waals surface area (Å²) in [5, 5.41) is 0.755. The molecule has 0 spiro atoms. The van der Waals surface area contributed by atoms with Crippen LogP contribution in [0.3, 0.4) is 0 Å². The summed E-state index contributed by atoms with van der Waals surface area (Å²) in [6, 6.07) is 9.76. The largest absolute Gasteiger partial charge is 0.493 e. The summed E-state index contributed by atoms with van der Waals surface area (Å²) >= 11 is 0. The third-order valence-electron chi connectivity index (χ3n) is 4.45. The first kappa shape index (κ1) is 20.3. The van der Waals surface area contributed by atoms with E-state index in [1.165, 1.54) is 26.4 Å². The summed E-state index contributed by atoms with van der Waals surface area (Å²) < 4.78 is 26.9. The molecule has 3 aromatic rings. The number of rotatable bonds is 7. The van der Waals surface area contributed by atoms with Gasteiger partial charge in [0.15, 0.2) is 11.5 Å². The summed E-state index contributed by atoms with van der Waals surface area (Å²) in [6.45, 7) is 3.96. The third-order valence-corrected chi connectivity index (χ3v) is 4.45. The zero-order chi connectivity index (χ0) is 21.0. The van der Waals surface area contributed by atoms with E-state index in [9.17, 15) is 9.59 Å². The SMILES string of the molecule is CCOc1ccc2c(C)cc(=O)oc2c1COC(=O)c1ccc(OC)c(OC)c1. The summed E-state index contributed by atoms with van der Waals surface area (Å²) in [5.74, 6) is 0.868. The fourth-order valence-corrected chi connectivity index (χ4v) is 3.03. The fraction of sp³-hybridized carbons (Fsp3) is 0.273. The van der Waals surface area contributed by atoms with E-state index in [0.717, 1.165) is 10.9 Å². The fourth-order valence-electron chi connectivity index (χ4n) is 3.03. The van der Waals surface area contributed by atoms with Crippen LogP contribution in [0.2, 0.25) is 0 Å². The summed E-state index contributed by atoms with van der Waals surface area (Å²) in [6.07, 6.45) is 0. The molecule has 0 unspecified atom stereocenters. The lowest BCUT2D eigenvalue weighted by Gasteiger charge is -2.14. The highest BCUT2D eigenvalue weighted by atomic mass is 16.5. The Morgan fingerprint density at radius 2 is 1.72 bits per heavy atom. The number of benzene rings is 2. The van der Waals surface area contributed by atoms with Crippen molar-refractivity contribution in [2.24, 2.45) is 0 Å². The van der Waals surface area contributed by atoms with Gasteiger partial charge in [-0.05, 0) is 49.7 Å². The van der Waals surface area contributed by atoms with Gasteiger partial charge in [0.1, 0.15) is 17.9 Å². The molecule has 0 saturated heterocycles. The molecule has 29 heavy (non-hydrogen) atoms. The minimum atomic E-state index is -0.555. The standard InChI is InChI=1S/C22H22O7/c1-5-27-17-9-7-15-13(2)10-20(23)29-21(15)16(17)12-28-22(24)14-6-8-18(25-3)19(11-14)26-4/h6-11H,5,12H2,1-4H3. The monoisotopic (exact) mass is 398 g/mol. The lowest BCUT2D eigenvalue weighted by atomic mass is 10.1. The predicted molar refractivity (Wildman–Crippen MR) is 107 cm³/mol. The number of carbonyl (C=O) groups is 1. The van der Waals surface area contributed by atoms with Gasteiger partial charge in [-0.25, -0.2) is 9.59 Å². The molecule has 0 amide bonds. The van der Waals surface area contributed by atoms with Crippen LogP contribution in [0.15, 0.2) is 45.6 Å². The average Bonchev–Trinajstić information content (AvgIpc) is 2.72. The summed E-state index contributed by atoms with van der Waals surface area (Å²) in [7, 11) is 3.00. The molecule has 0 aliphatic rings. The molecule has 1 aromatic heterocycles. The Balaban J connectivity index is 1.94. The van der Waals surface area contributed by atoms with Gasteiger partial charge in [0.05, 0.1) is 32.0 Å². The van der Waals surface area contributed by atoms with Crippen molar-refractivity contribution in [1.82, 2.24) is 0 Å². The number of hydrogen-bond donors (Lipinski definition) is 0. The van der Waals surface area contributed by atoms with E-state index >= 15 is 0 Å². The van der Waals surface area contributed by atoms with E-state index in [2.05, 4.69) is 0 Å². The zero-order valence-electron chi connectivity index (χ0n) is 16.7. The van der Waals surface area contributed by atoms with Gasteiger partial charge >= 0.3 is 11.6 Å². The molecule has 0 atom stereocenters. The first-order valence-corrected chi connectivity index (χ1v) is 9.06. The molecule has 7 nitrogen and oxygen atoms in total. The molecule has 0 N–H and O–H groups in total. The topological polar surface area (TPSA) is 84.2 Å². The van der Waals surface area contributed by atoms with Crippen molar-refractivity contribution in [2.75, 3.05) is 20.8 Å². The van der Waals surface area contributed by atoms with Crippen molar-refractivity contribution in [2.45, 2.75) is 20.5 Å². The highest BCUT2D eigenvalue weighted by Gasteiger charge is 2.17. The van der Waals surface area contributed by atoms with E-state index in [1.54, 1.807) is 18.2 Å². The van der Waals surface area contributed by atoms with Gasteiger partial charge in [-0.2, -0.15) is 0 Å². The second kappa shape index (κ2) is 8.68. The second-order valence-corrected chi connectivity index (χ2v) is 6.25. The maximum absolute atomic E-state index is 12.6. The molecule has 0 fully saturated rings. The Hall–Kier alpha value is -3.48. The van der Waals surface area contributed by atoms with Crippen LogP contribution in [0.25, 0.3) is 11.0 Å². The van der Waals surface area contributed by atoms with Gasteiger partial charge in [-0.3, -0.25) is 0 Å². The normalized spacial score (nSPS) is 10.6.